The molecule has 0 heterocycles. The van der Waals surface area contributed by atoms with Crippen LogP contribution in [0.25, 0.3) is 0 Å². The van der Waals surface area contributed by atoms with E-state index in [1.54, 1.807) is 7.11 Å². The smallest absolute Gasteiger partial charge is 0.404 e. The molecule has 2 N–H and O–H groups in total. The third-order valence-corrected chi connectivity index (χ3v) is 3.79. The number of rotatable bonds is 8. The van der Waals surface area contributed by atoms with E-state index in [0.29, 0.717) is 6.54 Å². The lowest BCUT2D eigenvalue weighted by Gasteiger charge is -2.17. The summed E-state index contributed by atoms with van der Waals surface area (Å²) in [4.78, 5) is 10.4. The number of amides is 1. The molecule has 0 radical (unpaired) electrons. The van der Waals surface area contributed by atoms with Crippen molar-refractivity contribution in [2.24, 2.45) is 0 Å². The predicted octanol–water partition coefficient (Wildman–Crippen LogP) is 3.82. The summed E-state index contributed by atoms with van der Waals surface area (Å²) in [5.74, 6) is 0. The Morgan fingerprint density at radius 2 is 1.87 bits per heavy atom. The van der Waals surface area contributed by atoms with Crippen molar-refractivity contribution in [3.63, 3.8) is 0 Å². The van der Waals surface area contributed by atoms with E-state index in [2.05, 4.69) is 35.6 Å². The van der Waals surface area contributed by atoms with E-state index >= 15 is 0 Å². The van der Waals surface area contributed by atoms with Crippen molar-refractivity contribution in [2.45, 2.75) is 25.4 Å². The van der Waals surface area contributed by atoms with Gasteiger partial charge in [-0.3, -0.25) is 0 Å². The second kappa shape index (κ2) is 8.96. The average molecular weight is 313 g/mol. The van der Waals surface area contributed by atoms with Crippen molar-refractivity contribution in [3.8, 4) is 0 Å². The number of aryl methyl sites for hydroxylation is 1. The van der Waals surface area contributed by atoms with E-state index < -0.39 is 6.09 Å². The fourth-order valence-corrected chi connectivity index (χ4v) is 2.60. The fraction of sp³-hybridized carbons (Fsp3) is 0.316. The average Bonchev–Trinajstić information content (AvgIpc) is 2.57. The monoisotopic (exact) mass is 313 g/mol. The Morgan fingerprint density at radius 3 is 2.57 bits per heavy atom. The maximum Gasteiger partial charge on any atom is 0.404 e. The summed E-state index contributed by atoms with van der Waals surface area (Å²) >= 11 is 0. The highest BCUT2D eigenvalue weighted by Gasteiger charge is 2.11. The summed E-state index contributed by atoms with van der Waals surface area (Å²) in [5, 5.41) is 11.0. The van der Waals surface area contributed by atoms with E-state index in [4.69, 9.17) is 9.84 Å². The maximum absolute atomic E-state index is 10.4. The second-order valence-electron chi connectivity index (χ2n) is 5.49. The first kappa shape index (κ1) is 17.0. The Morgan fingerprint density at radius 1 is 1.13 bits per heavy atom. The largest absolute Gasteiger partial charge is 0.465 e. The van der Waals surface area contributed by atoms with Crippen LogP contribution in [0.2, 0.25) is 0 Å². The number of ether oxygens (including phenoxy) is 1. The zero-order chi connectivity index (χ0) is 16.5. The summed E-state index contributed by atoms with van der Waals surface area (Å²) < 4.78 is 5.66. The molecule has 0 saturated carbocycles. The Hall–Kier alpha value is -2.33. The molecule has 0 aliphatic heterocycles. The number of nitrogens with one attached hydrogen (secondary N) is 1. The molecule has 23 heavy (non-hydrogen) atoms. The van der Waals surface area contributed by atoms with Crippen LogP contribution in [0.3, 0.4) is 0 Å². The Labute approximate surface area is 137 Å². The second-order valence-corrected chi connectivity index (χ2v) is 5.49. The third-order valence-electron chi connectivity index (χ3n) is 3.79. The summed E-state index contributed by atoms with van der Waals surface area (Å²) in [7, 11) is 1.73. The van der Waals surface area contributed by atoms with Crippen LogP contribution in [0.15, 0.2) is 54.6 Å². The first-order valence-electron chi connectivity index (χ1n) is 7.81. The van der Waals surface area contributed by atoms with Crippen LogP contribution in [-0.2, 0) is 17.6 Å². The van der Waals surface area contributed by atoms with Gasteiger partial charge in [-0.2, -0.15) is 0 Å². The molecule has 0 aliphatic rings. The number of carboxylic acid groups (broad SMARTS) is 1. The lowest BCUT2D eigenvalue weighted by Crippen LogP contribution is -2.22. The van der Waals surface area contributed by atoms with Crippen LogP contribution in [0.1, 0.15) is 29.2 Å². The van der Waals surface area contributed by atoms with E-state index in [-0.39, 0.29) is 6.10 Å². The van der Waals surface area contributed by atoms with Crippen LogP contribution < -0.4 is 5.32 Å². The van der Waals surface area contributed by atoms with E-state index in [1.807, 2.05) is 24.3 Å². The van der Waals surface area contributed by atoms with Gasteiger partial charge in [-0.05, 0) is 29.5 Å². The molecule has 0 bridgehead atoms. The molecule has 0 aliphatic carbocycles. The molecule has 1 unspecified atom stereocenters. The molecular formula is C19H23NO3. The maximum atomic E-state index is 10.4. The van der Waals surface area contributed by atoms with Crippen LogP contribution >= 0.6 is 0 Å². The van der Waals surface area contributed by atoms with E-state index in [1.165, 1.54) is 11.1 Å². The third kappa shape index (κ3) is 5.75. The van der Waals surface area contributed by atoms with Gasteiger partial charge in [0.25, 0.3) is 0 Å². The lowest BCUT2D eigenvalue weighted by molar-refractivity contribution is 0.103. The minimum atomic E-state index is -0.971. The van der Waals surface area contributed by atoms with Gasteiger partial charge >= 0.3 is 6.09 Å². The minimum absolute atomic E-state index is 0.0227. The molecule has 122 valence electrons. The SMILES string of the molecule is COC(Cc1ccccc1)c1cccc(CCCNC(=O)O)c1. The Bertz CT molecular complexity index is 613. The van der Waals surface area contributed by atoms with Crippen molar-refractivity contribution in [1.29, 1.82) is 0 Å². The van der Waals surface area contributed by atoms with Gasteiger partial charge in [0.2, 0.25) is 0 Å². The summed E-state index contributed by atoms with van der Waals surface area (Å²) in [6, 6.07) is 18.6. The first-order valence-corrected chi connectivity index (χ1v) is 7.81. The predicted molar refractivity (Wildman–Crippen MR) is 90.7 cm³/mol. The zero-order valence-electron chi connectivity index (χ0n) is 13.4. The summed E-state index contributed by atoms with van der Waals surface area (Å²) in [6.07, 6.45) is 1.51. The number of hydrogen-bond acceptors (Lipinski definition) is 2. The Kier molecular flexibility index (Phi) is 6.63. The normalized spacial score (nSPS) is 11.9. The molecule has 1 amide bonds. The Balaban J connectivity index is 1.97. The van der Waals surface area contributed by atoms with Gasteiger partial charge in [0.15, 0.2) is 0 Å². The van der Waals surface area contributed by atoms with Crippen LogP contribution in [0.4, 0.5) is 4.79 Å². The first-order chi connectivity index (χ1) is 11.2. The molecule has 2 aromatic rings. The number of hydrogen-bond donors (Lipinski definition) is 2. The highest BCUT2D eigenvalue weighted by atomic mass is 16.5. The lowest BCUT2D eigenvalue weighted by atomic mass is 9.98. The standard InChI is InChI=1S/C19H23NO3/c1-23-18(14-16-7-3-2-4-8-16)17-11-5-9-15(13-17)10-6-12-20-19(21)22/h2-5,7-9,11,13,18,20H,6,10,12,14H2,1H3,(H,21,22). The molecule has 0 saturated heterocycles. The van der Waals surface area contributed by atoms with Crippen LogP contribution in [-0.4, -0.2) is 24.9 Å². The molecule has 4 heteroatoms. The quantitative estimate of drug-likeness (QED) is 0.728. The zero-order valence-corrected chi connectivity index (χ0v) is 13.4. The summed E-state index contributed by atoms with van der Waals surface area (Å²) in [6.45, 7) is 0.470. The molecule has 2 rings (SSSR count). The minimum Gasteiger partial charge on any atom is -0.465 e. The molecule has 0 spiro atoms. The molecule has 0 fully saturated rings. The van der Waals surface area contributed by atoms with Crippen molar-refractivity contribution in [1.82, 2.24) is 5.32 Å². The van der Waals surface area contributed by atoms with Gasteiger partial charge in [-0.25, -0.2) is 4.79 Å². The molecule has 0 aromatic heterocycles. The van der Waals surface area contributed by atoms with Crippen molar-refractivity contribution in [2.75, 3.05) is 13.7 Å². The van der Waals surface area contributed by atoms with Gasteiger partial charge in [0, 0.05) is 20.1 Å². The topological polar surface area (TPSA) is 58.6 Å². The molecule has 2 aromatic carbocycles. The van der Waals surface area contributed by atoms with Crippen molar-refractivity contribution >= 4 is 6.09 Å². The van der Waals surface area contributed by atoms with Gasteiger partial charge in [-0.15, -0.1) is 0 Å². The van der Waals surface area contributed by atoms with E-state index in [0.717, 1.165) is 24.8 Å². The fourth-order valence-electron chi connectivity index (χ4n) is 2.60. The molecular weight excluding hydrogens is 290 g/mol. The molecule has 1 atom stereocenters. The van der Waals surface area contributed by atoms with Gasteiger partial charge in [-0.1, -0.05) is 54.6 Å². The van der Waals surface area contributed by atoms with Gasteiger partial charge in [0.05, 0.1) is 6.10 Å². The van der Waals surface area contributed by atoms with Crippen LogP contribution in [0.5, 0.6) is 0 Å². The number of carbonyl (C=O) groups is 1. The van der Waals surface area contributed by atoms with Crippen molar-refractivity contribution < 1.29 is 14.6 Å². The summed E-state index contributed by atoms with van der Waals surface area (Å²) in [5.41, 5.74) is 3.60. The highest BCUT2D eigenvalue weighted by Crippen LogP contribution is 2.23. The molecule has 4 nitrogen and oxygen atoms in total. The number of methoxy groups -OCH3 is 1. The van der Waals surface area contributed by atoms with Gasteiger partial charge in [0.1, 0.15) is 0 Å². The highest BCUT2D eigenvalue weighted by molar-refractivity contribution is 5.64. The van der Waals surface area contributed by atoms with Crippen LogP contribution in [0, 0.1) is 0 Å². The van der Waals surface area contributed by atoms with Gasteiger partial charge < -0.3 is 15.2 Å². The van der Waals surface area contributed by atoms with E-state index in [9.17, 15) is 4.79 Å². The van der Waals surface area contributed by atoms with Crippen molar-refractivity contribution in [3.05, 3.63) is 71.3 Å². The number of benzene rings is 2.